The molecule has 5 heteroatoms. The van der Waals surface area contributed by atoms with E-state index in [1.165, 1.54) is 0 Å². The highest BCUT2D eigenvalue weighted by Gasteiger charge is 2.22. The molecule has 1 aliphatic rings. The van der Waals surface area contributed by atoms with Crippen molar-refractivity contribution < 1.29 is 15.0 Å². The zero-order valence-electron chi connectivity index (χ0n) is 10.6. The number of aliphatic hydroxyl groups is 1. The second kappa shape index (κ2) is 6.50. The summed E-state index contributed by atoms with van der Waals surface area (Å²) < 4.78 is 0.811. The maximum absolute atomic E-state index is 10.8. The molecule has 104 valence electrons. The molecule has 0 spiro atoms. The van der Waals surface area contributed by atoms with E-state index in [9.17, 15) is 9.90 Å². The monoisotopic (exact) mass is 327 g/mol. The third-order valence-electron chi connectivity index (χ3n) is 3.56. The summed E-state index contributed by atoms with van der Waals surface area (Å²) in [5.41, 5.74) is 1.33. The quantitative estimate of drug-likeness (QED) is 0.776. The number of aliphatic hydroxyl groups excluding tert-OH is 1. The summed E-state index contributed by atoms with van der Waals surface area (Å²) in [7, 11) is 0. The normalized spacial score (nSPS) is 22.6. The lowest BCUT2D eigenvalue weighted by molar-refractivity contribution is 0.0697. The van der Waals surface area contributed by atoms with Crippen LogP contribution >= 0.6 is 15.9 Å². The van der Waals surface area contributed by atoms with Crippen LogP contribution in [-0.4, -0.2) is 28.8 Å². The van der Waals surface area contributed by atoms with Gasteiger partial charge >= 0.3 is 5.97 Å². The fourth-order valence-electron chi connectivity index (χ4n) is 2.47. The van der Waals surface area contributed by atoms with Gasteiger partial charge in [0.05, 0.1) is 11.7 Å². The number of benzene rings is 1. The third-order valence-corrected chi connectivity index (χ3v) is 4.30. The zero-order valence-corrected chi connectivity index (χ0v) is 12.2. The van der Waals surface area contributed by atoms with Gasteiger partial charge in [-0.15, -0.1) is 0 Å². The third kappa shape index (κ3) is 4.03. The van der Waals surface area contributed by atoms with Gasteiger partial charge in [-0.3, -0.25) is 0 Å². The van der Waals surface area contributed by atoms with Crippen molar-refractivity contribution in [1.29, 1.82) is 0 Å². The second-order valence-corrected chi connectivity index (χ2v) is 5.93. The summed E-state index contributed by atoms with van der Waals surface area (Å²) in [5, 5.41) is 21.7. The van der Waals surface area contributed by atoms with Crippen LogP contribution in [0.1, 0.15) is 35.2 Å². The van der Waals surface area contributed by atoms with Crippen molar-refractivity contribution in [1.82, 2.24) is 5.32 Å². The number of rotatable bonds is 5. The zero-order chi connectivity index (χ0) is 13.8. The molecule has 0 radical (unpaired) electrons. The van der Waals surface area contributed by atoms with Crippen LogP contribution in [0.4, 0.5) is 0 Å². The maximum atomic E-state index is 10.8. The first kappa shape index (κ1) is 14.5. The SMILES string of the molecule is O=C(O)c1ccc(CNCC2CCC(O)C2)c(Br)c1. The Balaban J connectivity index is 1.84. The molecule has 3 N–H and O–H groups in total. The van der Waals surface area contributed by atoms with Gasteiger partial charge < -0.3 is 15.5 Å². The number of aromatic carboxylic acids is 1. The van der Waals surface area contributed by atoms with Gasteiger partial charge in [0.2, 0.25) is 0 Å². The fraction of sp³-hybridized carbons (Fsp3) is 0.500. The molecule has 1 fully saturated rings. The number of carboxylic acid groups (broad SMARTS) is 1. The molecule has 0 heterocycles. The molecular formula is C14H18BrNO3. The van der Waals surface area contributed by atoms with Crippen molar-refractivity contribution in [3.8, 4) is 0 Å². The Labute approximate surface area is 121 Å². The van der Waals surface area contributed by atoms with E-state index >= 15 is 0 Å². The summed E-state index contributed by atoms with van der Waals surface area (Å²) in [6.45, 7) is 1.59. The summed E-state index contributed by atoms with van der Waals surface area (Å²) >= 11 is 3.40. The van der Waals surface area contributed by atoms with Gasteiger partial charge in [-0.2, -0.15) is 0 Å². The van der Waals surface area contributed by atoms with E-state index in [0.29, 0.717) is 12.5 Å². The first-order valence-electron chi connectivity index (χ1n) is 6.46. The van der Waals surface area contributed by atoms with Gasteiger partial charge in [-0.05, 0) is 49.4 Å². The van der Waals surface area contributed by atoms with Gasteiger partial charge in [0.1, 0.15) is 0 Å². The van der Waals surface area contributed by atoms with E-state index in [4.69, 9.17) is 5.11 Å². The number of carbonyl (C=O) groups is 1. The van der Waals surface area contributed by atoms with Crippen molar-refractivity contribution in [2.75, 3.05) is 6.54 Å². The molecule has 1 aliphatic carbocycles. The Morgan fingerprint density at radius 1 is 1.42 bits per heavy atom. The average molecular weight is 328 g/mol. The number of hydrogen-bond donors (Lipinski definition) is 3. The van der Waals surface area contributed by atoms with Crippen LogP contribution < -0.4 is 5.32 Å². The maximum Gasteiger partial charge on any atom is 0.335 e. The van der Waals surface area contributed by atoms with Crippen molar-refractivity contribution in [2.24, 2.45) is 5.92 Å². The first-order valence-corrected chi connectivity index (χ1v) is 7.26. The molecule has 0 bridgehead atoms. The van der Waals surface area contributed by atoms with Crippen LogP contribution in [0.25, 0.3) is 0 Å². The van der Waals surface area contributed by atoms with E-state index in [1.807, 2.05) is 6.07 Å². The molecular weight excluding hydrogens is 310 g/mol. The number of halogens is 1. The highest BCUT2D eigenvalue weighted by molar-refractivity contribution is 9.10. The molecule has 2 unspecified atom stereocenters. The van der Waals surface area contributed by atoms with Crippen molar-refractivity contribution >= 4 is 21.9 Å². The average Bonchev–Trinajstić information content (AvgIpc) is 2.77. The fourth-order valence-corrected chi connectivity index (χ4v) is 2.99. The summed E-state index contributed by atoms with van der Waals surface area (Å²) in [6, 6.07) is 5.06. The lowest BCUT2D eigenvalue weighted by atomic mass is 10.1. The van der Waals surface area contributed by atoms with Crippen molar-refractivity contribution in [2.45, 2.75) is 31.9 Å². The van der Waals surface area contributed by atoms with E-state index in [0.717, 1.165) is 35.8 Å². The van der Waals surface area contributed by atoms with Crippen LogP contribution in [0.2, 0.25) is 0 Å². The summed E-state index contributed by atoms with van der Waals surface area (Å²) in [4.78, 5) is 10.8. The van der Waals surface area contributed by atoms with Crippen LogP contribution in [-0.2, 0) is 6.54 Å². The van der Waals surface area contributed by atoms with Crippen LogP contribution in [0.15, 0.2) is 22.7 Å². The highest BCUT2D eigenvalue weighted by atomic mass is 79.9. The molecule has 19 heavy (non-hydrogen) atoms. The molecule has 0 saturated heterocycles. The molecule has 2 rings (SSSR count). The summed E-state index contributed by atoms with van der Waals surface area (Å²) in [5.74, 6) is -0.368. The molecule has 0 amide bonds. The van der Waals surface area contributed by atoms with Crippen LogP contribution in [0.3, 0.4) is 0 Å². The molecule has 2 atom stereocenters. The number of nitrogens with one attached hydrogen (secondary N) is 1. The minimum atomic E-state index is -0.917. The Morgan fingerprint density at radius 2 is 2.21 bits per heavy atom. The molecule has 1 aromatic carbocycles. The lowest BCUT2D eigenvalue weighted by Gasteiger charge is -2.12. The van der Waals surface area contributed by atoms with Crippen molar-refractivity contribution in [3.63, 3.8) is 0 Å². The van der Waals surface area contributed by atoms with Crippen LogP contribution in [0, 0.1) is 5.92 Å². The topological polar surface area (TPSA) is 69.6 Å². The van der Waals surface area contributed by atoms with Crippen molar-refractivity contribution in [3.05, 3.63) is 33.8 Å². The molecule has 0 aliphatic heterocycles. The standard InChI is InChI=1S/C14H18BrNO3/c15-13-6-10(14(18)19)2-3-11(13)8-16-7-9-1-4-12(17)5-9/h2-3,6,9,12,16-17H,1,4-5,7-8H2,(H,18,19). The lowest BCUT2D eigenvalue weighted by Crippen LogP contribution is -2.21. The Hall–Kier alpha value is -0.910. The Kier molecular flexibility index (Phi) is 4.96. The van der Waals surface area contributed by atoms with Gasteiger partial charge in [0.25, 0.3) is 0 Å². The second-order valence-electron chi connectivity index (χ2n) is 5.08. The minimum Gasteiger partial charge on any atom is -0.478 e. The number of carboxylic acids is 1. The van der Waals surface area contributed by atoms with Gasteiger partial charge in [0.15, 0.2) is 0 Å². The largest absolute Gasteiger partial charge is 0.478 e. The number of hydrogen-bond acceptors (Lipinski definition) is 3. The van der Waals surface area contributed by atoms with E-state index in [2.05, 4.69) is 21.2 Å². The Bertz CT molecular complexity index is 464. The predicted molar refractivity (Wildman–Crippen MR) is 76.2 cm³/mol. The first-order chi connectivity index (χ1) is 9.06. The molecule has 4 nitrogen and oxygen atoms in total. The molecule has 1 saturated carbocycles. The van der Waals surface area contributed by atoms with Gasteiger partial charge in [-0.25, -0.2) is 4.79 Å². The summed E-state index contributed by atoms with van der Waals surface area (Å²) in [6.07, 6.45) is 2.73. The van der Waals surface area contributed by atoms with E-state index in [1.54, 1.807) is 12.1 Å². The Morgan fingerprint density at radius 3 is 2.79 bits per heavy atom. The van der Waals surface area contributed by atoms with E-state index in [-0.39, 0.29) is 11.7 Å². The minimum absolute atomic E-state index is 0.131. The molecule has 0 aromatic heterocycles. The van der Waals surface area contributed by atoms with Gasteiger partial charge in [-0.1, -0.05) is 22.0 Å². The predicted octanol–water partition coefficient (Wildman–Crippen LogP) is 2.40. The van der Waals surface area contributed by atoms with Crippen LogP contribution in [0.5, 0.6) is 0 Å². The van der Waals surface area contributed by atoms with Gasteiger partial charge in [0, 0.05) is 11.0 Å². The smallest absolute Gasteiger partial charge is 0.335 e. The van der Waals surface area contributed by atoms with E-state index < -0.39 is 5.97 Å². The highest BCUT2D eigenvalue weighted by Crippen LogP contribution is 2.25. The molecule has 1 aromatic rings.